The van der Waals surface area contributed by atoms with Gasteiger partial charge in [-0.3, -0.25) is 14.4 Å². The minimum Gasteiger partial charge on any atom is -0.368 e. The molecule has 32 heavy (non-hydrogen) atoms. The summed E-state index contributed by atoms with van der Waals surface area (Å²) in [5.74, 6) is -0.674. The second-order valence-corrected chi connectivity index (χ2v) is 9.85. The minimum atomic E-state index is -0.395. The van der Waals surface area contributed by atoms with E-state index in [9.17, 15) is 14.4 Å². The molecule has 9 heteroatoms. The molecule has 0 saturated carbocycles. The van der Waals surface area contributed by atoms with E-state index in [0.717, 1.165) is 25.2 Å². The number of thiazole rings is 1. The van der Waals surface area contributed by atoms with E-state index >= 15 is 0 Å². The first-order valence-corrected chi connectivity index (χ1v) is 12.2. The molecule has 2 atom stereocenters. The third kappa shape index (κ3) is 4.81. The number of fused-ring (bicyclic) bond motifs is 1. The van der Waals surface area contributed by atoms with Crippen LogP contribution in [-0.4, -0.2) is 53.7 Å². The number of carbonyl (C=O) groups excluding carboxylic acids is 3. The zero-order valence-corrected chi connectivity index (χ0v) is 19.8. The van der Waals surface area contributed by atoms with Crippen LogP contribution in [0, 0.1) is 11.8 Å². The highest BCUT2D eigenvalue weighted by Crippen LogP contribution is 2.33. The number of carbonyl (C=O) groups is 3. The standard InChI is InChI=1S/C23H27ClN4O3S/c1-3-14(2)21(30)26-23-25-18-11-15(12-19(29)20(18)32-23)22(31)28-9-7-27(8-10-28)17-6-4-5-16(24)13-17/h4-6,13-15H,3,7-12H2,1-2H3,(H,25,26,30). The Morgan fingerprint density at radius 2 is 2.00 bits per heavy atom. The Morgan fingerprint density at radius 1 is 1.25 bits per heavy atom. The summed E-state index contributed by atoms with van der Waals surface area (Å²) in [5.41, 5.74) is 1.68. The van der Waals surface area contributed by atoms with Gasteiger partial charge in [-0.2, -0.15) is 0 Å². The first-order valence-electron chi connectivity index (χ1n) is 11.0. The lowest BCUT2D eigenvalue weighted by molar-refractivity contribution is -0.136. The van der Waals surface area contributed by atoms with Gasteiger partial charge in [0, 0.05) is 55.6 Å². The Kier molecular flexibility index (Phi) is 6.81. The maximum Gasteiger partial charge on any atom is 0.228 e. The molecule has 7 nitrogen and oxygen atoms in total. The van der Waals surface area contributed by atoms with Crippen molar-refractivity contribution in [2.24, 2.45) is 11.8 Å². The van der Waals surface area contributed by atoms with Crippen LogP contribution < -0.4 is 10.2 Å². The van der Waals surface area contributed by atoms with Crippen molar-refractivity contribution in [1.29, 1.82) is 0 Å². The lowest BCUT2D eigenvalue weighted by Crippen LogP contribution is -2.51. The van der Waals surface area contributed by atoms with Crippen LogP contribution in [0.5, 0.6) is 0 Å². The number of benzene rings is 1. The van der Waals surface area contributed by atoms with E-state index in [1.54, 1.807) is 0 Å². The van der Waals surface area contributed by atoms with Gasteiger partial charge >= 0.3 is 0 Å². The van der Waals surface area contributed by atoms with Crippen LogP contribution in [0.3, 0.4) is 0 Å². The Morgan fingerprint density at radius 3 is 2.69 bits per heavy atom. The highest BCUT2D eigenvalue weighted by atomic mass is 35.5. The molecule has 1 aliphatic heterocycles. The fourth-order valence-electron chi connectivity index (χ4n) is 4.09. The molecule has 1 N–H and O–H groups in total. The quantitative estimate of drug-likeness (QED) is 0.711. The number of amides is 2. The number of ketones is 1. The van der Waals surface area contributed by atoms with E-state index in [4.69, 9.17) is 11.6 Å². The molecule has 1 aromatic heterocycles. The van der Waals surface area contributed by atoms with Gasteiger partial charge in [0.2, 0.25) is 11.8 Å². The Bertz CT molecular complexity index is 1030. The van der Waals surface area contributed by atoms with E-state index in [-0.39, 0.29) is 29.9 Å². The SMILES string of the molecule is CCC(C)C(=O)Nc1nc2c(s1)C(=O)CC(C(=O)N1CCN(c3cccc(Cl)c3)CC1)C2. The maximum absolute atomic E-state index is 13.2. The summed E-state index contributed by atoms with van der Waals surface area (Å²) >= 11 is 7.31. The number of hydrogen-bond donors (Lipinski definition) is 1. The van der Waals surface area contributed by atoms with Crippen LogP contribution in [0.15, 0.2) is 24.3 Å². The zero-order valence-electron chi connectivity index (χ0n) is 18.3. The summed E-state index contributed by atoms with van der Waals surface area (Å²) < 4.78 is 0. The molecule has 2 amide bonds. The molecule has 1 aliphatic carbocycles. The van der Waals surface area contributed by atoms with Crippen molar-refractivity contribution < 1.29 is 14.4 Å². The Balaban J connectivity index is 1.38. The number of halogens is 1. The van der Waals surface area contributed by atoms with E-state index in [2.05, 4.69) is 15.2 Å². The Labute approximate surface area is 196 Å². The normalized spacial score (nSPS) is 19.5. The number of nitrogens with one attached hydrogen (secondary N) is 1. The molecular weight excluding hydrogens is 448 g/mol. The lowest BCUT2D eigenvalue weighted by atomic mass is 9.88. The number of piperazine rings is 1. The van der Waals surface area contributed by atoms with Gasteiger partial charge in [0.1, 0.15) is 0 Å². The van der Waals surface area contributed by atoms with E-state index < -0.39 is 5.92 Å². The van der Waals surface area contributed by atoms with Crippen LogP contribution in [0.2, 0.25) is 5.02 Å². The smallest absolute Gasteiger partial charge is 0.228 e. The average Bonchev–Trinajstić information content (AvgIpc) is 3.21. The van der Waals surface area contributed by atoms with Gasteiger partial charge < -0.3 is 15.1 Å². The van der Waals surface area contributed by atoms with Gasteiger partial charge in [0.05, 0.1) is 16.5 Å². The fourth-order valence-corrected chi connectivity index (χ4v) is 5.22. The van der Waals surface area contributed by atoms with Crippen LogP contribution in [0.25, 0.3) is 0 Å². The van der Waals surface area contributed by atoms with E-state index in [0.29, 0.717) is 40.2 Å². The molecule has 2 heterocycles. The highest BCUT2D eigenvalue weighted by molar-refractivity contribution is 7.17. The zero-order chi connectivity index (χ0) is 22.8. The van der Waals surface area contributed by atoms with Gasteiger partial charge in [-0.05, 0) is 24.6 Å². The third-order valence-corrected chi connectivity index (χ3v) is 7.52. The van der Waals surface area contributed by atoms with Gasteiger partial charge in [-0.1, -0.05) is 42.9 Å². The summed E-state index contributed by atoms with van der Waals surface area (Å²) in [5, 5.41) is 3.94. The predicted molar refractivity (Wildman–Crippen MR) is 127 cm³/mol. The second-order valence-electron chi connectivity index (χ2n) is 8.41. The molecule has 1 fully saturated rings. The summed E-state index contributed by atoms with van der Waals surface area (Å²) in [6.45, 7) is 6.47. The summed E-state index contributed by atoms with van der Waals surface area (Å²) in [4.78, 5) is 47.1. The molecule has 1 saturated heterocycles. The number of aromatic nitrogens is 1. The molecular formula is C23H27ClN4O3S. The number of rotatable bonds is 5. The van der Waals surface area contributed by atoms with Crippen LogP contribution in [0.4, 0.5) is 10.8 Å². The topological polar surface area (TPSA) is 82.6 Å². The number of anilines is 2. The van der Waals surface area contributed by atoms with Crippen molar-refractivity contribution in [3.8, 4) is 0 Å². The van der Waals surface area contributed by atoms with Crippen LogP contribution in [-0.2, 0) is 16.0 Å². The van der Waals surface area contributed by atoms with E-state index in [1.807, 2.05) is 43.0 Å². The van der Waals surface area contributed by atoms with Gasteiger partial charge in [-0.25, -0.2) is 4.98 Å². The monoisotopic (exact) mass is 474 g/mol. The summed E-state index contributed by atoms with van der Waals surface area (Å²) in [6.07, 6.45) is 1.36. The van der Waals surface area contributed by atoms with Crippen molar-refractivity contribution in [1.82, 2.24) is 9.88 Å². The molecule has 2 unspecified atom stereocenters. The van der Waals surface area contributed by atoms with Gasteiger partial charge in [-0.15, -0.1) is 0 Å². The van der Waals surface area contributed by atoms with Crippen molar-refractivity contribution in [3.63, 3.8) is 0 Å². The van der Waals surface area contributed by atoms with Crippen molar-refractivity contribution >= 4 is 51.4 Å². The first-order chi connectivity index (χ1) is 15.4. The average molecular weight is 475 g/mol. The predicted octanol–water partition coefficient (Wildman–Crippen LogP) is 3.88. The van der Waals surface area contributed by atoms with Crippen molar-refractivity contribution in [3.05, 3.63) is 39.9 Å². The first kappa shape index (κ1) is 22.7. The van der Waals surface area contributed by atoms with E-state index in [1.165, 1.54) is 11.3 Å². The number of Topliss-reactive ketones (excluding diaryl/α,β-unsaturated/α-hetero) is 1. The summed E-state index contributed by atoms with van der Waals surface area (Å²) in [6, 6.07) is 7.72. The molecule has 170 valence electrons. The third-order valence-electron chi connectivity index (χ3n) is 6.23. The molecule has 1 aromatic carbocycles. The van der Waals surface area contributed by atoms with Gasteiger partial charge in [0.25, 0.3) is 0 Å². The molecule has 2 aromatic rings. The second kappa shape index (κ2) is 9.58. The largest absolute Gasteiger partial charge is 0.368 e. The van der Waals surface area contributed by atoms with Gasteiger partial charge in [0.15, 0.2) is 10.9 Å². The molecule has 4 rings (SSSR count). The molecule has 0 bridgehead atoms. The molecule has 2 aliphatic rings. The van der Waals surface area contributed by atoms with Crippen LogP contribution >= 0.6 is 22.9 Å². The molecule has 0 spiro atoms. The fraction of sp³-hybridized carbons (Fsp3) is 0.478. The number of nitrogens with zero attached hydrogens (tertiary/aromatic N) is 3. The summed E-state index contributed by atoms with van der Waals surface area (Å²) in [7, 11) is 0. The van der Waals surface area contributed by atoms with Crippen molar-refractivity contribution in [2.45, 2.75) is 33.1 Å². The number of hydrogen-bond acceptors (Lipinski definition) is 6. The lowest BCUT2D eigenvalue weighted by Gasteiger charge is -2.38. The van der Waals surface area contributed by atoms with Crippen molar-refractivity contribution in [2.75, 3.05) is 36.4 Å². The Hall–Kier alpha value is -2.45. The van der Waals surface area contributed by atoms with Crippen LogP contribution in [0.1, 0.15) is 42.1 Å². The highest BCUT2D eigenvalue weighted by Gasteiger charge is 2.36. The molecule has 0 radical (unpaired) electrons. The minimum absolute atomic E-state index is 0.00735. The maximum atomic E-state index is 13.2.